The fourth-order valence-electron chi connectivity index (χ4n) is 1.71. The molecule has 0 aliphatic heterocycles. The maximum absolute atomic E-state index is 11.3. The highest BCUT2D eigenvalue weighted by Crippen LogP contribution is 2.18. The molecular formula is C14H12O. The van der Waals surface area contributed by atoms with Crippen LogP contribution < -0.4 is 0 Å². The van der Waals surface area contributed by atoms with Crippen molar-refractivity contribution in [3.05, 3.63) is 60.7 Å². The highest BCUT2D eigenvalue weighted by molar-refractivity contribution is 5.95. The van der Waals surface area contributed by atoms with Gasteiger partial charge in [0.25, 0.3) is 0 Å². The number of carbonyl (C=O) groups is 1. The average Bonchev–Trinajstić information content (AvgIpc) is 2.29. The van der Waals surface area contributed by atoms with E-state index >= 15 is 0 Å². The number of fused-ring (bicyclic) bond motifs is 1. The van der Waals surface area contributed by atoms with E-state index in [1.54, 1.807) is 0 Å². The van der Waals surface area contributed by atoms with Gasteiger partial charge in [-0.05, 0) is 22.4 Å². The van der Waals surface area contributed by atoms with Crippen LogP contribution in [0.4, 0.5) is 0 Å². The average molecular weight is 196 g/mol. The lowest BCUT2D eigenvalue weighted by molar-refractivity contribution is -0.113. The van der Waals surface area contributed by atoms with Crippen molar-refractivity contribution in [3.8, 4) is 0 Å². The van der Waals surface area contributed by atoms with Crippen LogP contribution in [0.3, 0.4) is 0 Å². The third-order valence-corrected chi connectivity index (χ3v) is 2.47. The van der Waals surface area contributed by atoms with Gasteiger partial charge in [0.2, 0.25) is 0 Å². The summed E-state index contributed by atoms with van der Waals surface area (Å²) in [5, 5.41) is 2.32. The molecule has 0 aromatic heterocycles. The molecule has 0 atom stereocenters. The van der Waals surface area contributed by atoms with Crippen molar-refractivity contribution >= 4 is 16.6 Å². The molecule has 0 unspecified atom stereocenters. The topological polar surface area (TPSA) is 17.1 Å². The van der Waals surface area contributed by atoms with Gasteiger partial charge >= 0.3 is 0 Å². The molecule has 0 N–H and O–H groups in total. The highest BCUT2D eigenvalue weighted by Gasteiger charge is 2.03. The Morgan fingerprint density at radius 1 is 1.13 bits per heavy atom. The van der Waals surface area contributed by atoms with E-state index in [4.69, 9.17) is 0 Å². The molecule has 74 valence electrons. The molecule has 2 rings (SSSR count). The van der Waals surface area contributed by atoms with Gasteiger partial charge < -0.3 is 0 Å². The predicted molar refractivity (Wildman–Crippen MR) is 62.9 cm³/mol. The molecule has 0 heterocycles. The summed E-state index contributed by atoms with van der Waals surface area (Å²) in [6.07, 6.45) is 1.81. The van der Waals surface area contributed by atoms with Gasteiger partial charge in [-0.15, -0.1) is 0 Å². The Hall–Kier alpha value is -1.89. The Morgan fingerprint density at radius 2 is 1.87 bits per heavy atom. The van der Waals surface area contributed by atoms with E-state index in [0.717, 1.165) is 10.9 Å². The van der Waals surface area contributed by atoms with E-state index < -0.39 is 0 Å². The molecule has 0 saturated heterocycles. The monoisotopic (exact) mass is 196 g/mol. The molecule has 2 aromatic rings. The molecule has 0 radical (unpaired) electrons. The molecule has 0 bridgehead atoms. The second-order valence-electron chi connectivity index (χ2n) is 3.49. The molecule has 2 aromatic carbocycles. The lowest BCUT2D eigenvalue weighted by atomic mass is 10.0. The minimum Gasteiger partial charge on any atom is -0.295 e. The highest BCUT2D eigenvalue weighted by atomic mass is 16.1. The number of benzene rings is 2. The van der Waals surface area contributed by atoms with E-state index in [-0.39, 0.29) is 5.78 Å². The maximum atomic E-state index is 11.3. The number of hydrogen-bond acceptors (Lipinski definition) is 1. The first-order chi connectivity index (χ1) is 7.31. The normalized spacial score (nSPS) is 10.1. The molecule has 0 spiro atoms. The third kappa shape index (κ3) is 1.96. The van der Waals surface area contributed by atoms with Crippen LogP contribution in [-0.4, -0.2) is 5.78 Å². The molecule has 0 saturated carbocycles. The van der Waals surface area contributed by atoms with Crippen LogP contribution in [0.1, 0.15) is 5.56 Å². The summed E-state index contributed by atoms with van der Waals surface area (Å²) in [4.78, 5) is 11.3. The molecular weight excluding hydrogens is 184 g/mol. The summed E-state index contributed by atoms with van der Waals surface area (Å²) in [5.41, 5.74) is 1.07. The molecule has 0 amide bonds. The van der Waals surface area contributed by atoms with E-state index in [9.17, 15) is 4.79 Å². The first kappa shape index (κ1) is 9.66. The molecule has 0 fully saturated rings. The Morgan fingerprint density at radius 3 is 2.67 bits per heavy atom. The van der Waals surface area contributed by atoms with Gasteiger partial charge in [-0.2, -0.15) is 0 Å². The zero-order valence-electron chi connectivity index (χ0n) is 8.44. The predicted octanol–water partition coefficient (Wildman–Crippen LogP) is 3.14. The standard InChI is InChI=1S/C14H12O/c1-2-13(15)10-12-8-5-7-11-6-3-4-9-14(11)12/h2-9H,1,10H2. The van der Waals surface area contributed by atoms with Crippen molar-refractivity contribution in [2.45, 2.75) is 6.42 Å². The van der Waals surface area contributed by atoms with Gasteiger partial charge in [0.15, 0.2) is 5.78 Å². The van der Waals surface area contributed by atoms with E-state index in [2.05, 4.69) is 18.7 Å². The van der Waals surface area contributed by atoms with E-state index in [0.29, 0.717) is 6.42 Å². The molecule has 1 heteroatoms. The smallest absolute Gasteiger partial charge is 0.159 e. The van der Waals surface area contributed by atoms with Crippen LogP contribution in [0.5, 0.6) is 0 Å². The summed E-state index contributed by atoms with van der Waals surface area (Å²) in [7, 11) is 0. The summed E-state index contributed by atoms with van der Waals surface area (Å²) in [5.74, 6) is 0.0614. The van der Waals surface area contributed by atoms with Crippen LogP contribution in [0.15, 0.2) is 55.1 Å². The van der Waals surface area contributed by atoms with Crippen LogP contribution >= 0.6 is 0 Å². The summed E-state index contributed by atoms with van der Waals surface area (Å²) in [6, 6.07) is 14.1. The quantitative estimate of drug-likeness (QED) is 0.689. The van der Waals surface area contributed by atoms with Crippen molar-refractivity contribution in [1.29, 1.82) is 0 Å². The lowest BCUT2D eigenvalue weighted by Gasteiger charge is -2.03. The van der Waals surface area contributed by atoms with Crippen LogP contribution in [0.25, 0.3) is 10.8 Å². The SMILES string of the molecule is C=CC(=O)Cc1cccc2ccccc12. The number of hydrogen-bond donors (Lipinski definition) is 0. The Kier molecular flexibility index (Phi) is 2.64. The summed E-state index contributed by atoms with van der Waals surface area (Å²) >= 11 is 0. The summed E-state index contributed by atoms with van der Waals surface area (Å²) < 4.78 is 0. The Bertz CT molecular complexity index is 506. The van der Waals surface area contributed by atoms with E-state index in [1.807, 2.05) is 30.3 Å². The minimum atomic E-state index is 0.0614. The van der Waals surface area contributed by atoms with Crippen LogP contribution in [0.2, 0.25) is 0 Å². The molecule has 15 heavy (non-hydrogen) atoms. The van der Waals surface area contributed by atoms with Gasteiger partial charge in [-0.3, -0.25) is 4.79 Å². The van der Waals surface area contributed by atoms with Crippen molar-refractivity contribution < 1.29 is 4.79 Å². The number of rotatable bonds is 3. The van der Waals surface area contributed by atoms with Gasteiger partial charge in [0.1, 0.15) is 0 Å². The van der Waals surface area contributed by atoms with Gasteiger partial charge in [-0.25, -0.2) is 0 Å². The maximum Gasteiger partial charge on any atom is 0.159 e. The van der Waals surface area contributed by atoms with Crippen LogP contribution in [-0.2, 0) is 11.2 Å². The van der Waals surface area contributed by atoms with E-state index in [1.165, 1.54) is 11.5 Å². The van der Waals surface area contributed by atoms with Crippen molar-refractivity contribution in [2.75, 3.05) is 0 Å². The largest absolute Gasteiger partial charge is 0.295 e. The van der Waals surface area contributed by atoms with Crippen molar-refractivity contribution in [2.24, 2.45) is 0 Å². The van der Waals surface area contributed by atoms with Gasteiger partial charge in [0.05, 0.1) is 0 Å². The van der Waals surface area contributed by atoms with Gasteiger partial charge in [-0.1, -0.05) is 49.0 Å². The fourth-order valence-corrected chi connectivity index (χ4v) is 1.71. The van der Waals surface area contributed by atoms with Gasteiger partial charge in [0, 0.05) is 6.42 Å². The Balaban J connectivity index is 2.51. The van der Waals surface area contributed by atoms with Crippen molar-refractivity contribution in [1.82, 2.24) is 0 Å². The lowest BCUT2D eigenvalue weighted by Crippen LogP contribution is -1.98. The zero-order chi connectivity index (χ0) is 10.7. The Labute approximate surface area is 89.0 Å². The number of allylic oxidation sites excluding steroid dienone is 1. The fraction of sp³-hybridized carbons (Fsp3) is 0.0714. The second-order valence-corrected chi connectivity index (χ2v) is 3.49. The molecule has 0 aliphatic rings. The third-order valence-electron chi connectivity index (χ3n) is 2.47. The summed E-state index contributed by atoms with van der Waals surface area (Å²) in [6.45, 7) is 3.49. The molecule has 1 nitrogen and oxygen atoms in total. The zero-order valence-corrected chi connectivity index (χ0v) is 8.44. The van der Waals surface area contributed by atoms with Crippen LogP contribution in [0, 0.1) is 0 Å². The minimum absolute atomic E-state index is 0.0614. The second kappa shape index (κ2) is 4.09. The first-order valence-corrected chi connectivity index (χ1v) is 4.93. The van der Waals surface area contributed by atoms with Crippen molar-refractivity contribution in [3.63, 3.8) is 0 Å². The number of ketones is 1. The molecule has 0 aliphatic carbocycles. The first-order valence-electron chi connectivity index (χ1n) is 4.93. The number of carbonyl (C=O) groups excluding carboxylic acids is 1.